The third-order valence-electron chi connectivity index (χ3n) is 4.23. The van der Waals surface area contributed by atoms with Gasteiger partial charge in [0.15, 0.2) is 0 Å². The summed E-state index contributed by atoms with van der Waals surface area (Å²) in [5.74, 6) is -0.375. The average Bonchev–Trinajstić information content (AvgIpc) is 2.64. The number of likely N-dealkylation sites (N-methyl/N-ethyl adjacent to an activating group) is 1. The minimum Gasteiger partial charge on any atom is -0.357 e. The highest BCUT2D eigenvalue weighted by atomic mass is 35.5. The summed E-state index contributed by atoms with van der Waals surface area (Å²) in [4.78, 5) is 26.9. The highest BCUT2D eigenvalue weighted by molar-refractivity contribution is 6.31. The van der Waals surface area contributed by atoms with E-state index in [1.54, 1.807) is 24.1 Å². The Kier molecular flexibility index (Phi) is 7.49. The Labute approximate surface area is 164 Å². The van der Waals surface area contributed by atoms with Crippen molar-refractivity contribution in [1.29, 1.82) is 0 Å². The lowest BCUT2D eigenvalue weighted by Gasteiger charge is -2.30. The van der Waals surface area contributed by atoms with E-state index in [1.807, 2.05) is 43.3 Å². The van der Waals surface area contributed by atoms with Crippen LogP contribution in [0.1, 0.15) is 24.5 Å². The molecule has 2 rings (SSSR count). The third-order valence-corrected chi connectivity index (χ3v) is 4.97. The van der Waals surface area contributed by atoms with Gasteiger partial charge in [-0.1, -0.05) is 66.5 Å². The molecule has 2 aromatic carbocycles. The van der Waals surface area contributed by atoms with Crippen LogP contribution < -0.4 is 5.32 Å². The fourth-order valence-electron chi connectivity index (χ4n) is 2.80. The largest absolute Gasteiger partial charge is 0.357 e. The molecule has 6 heteroatoms. The van der Waals surface area contributed by atoms with E-state index < -0.39 is 6.04 Å². The van der Waals surface area contributed by atoms with E-state index >= 15 is 0 Å². The fraction of sp³-hybridized carbons (Fsp3) is 0.300. The van der Waals surface area contributed by atoms with Crippen LogP contribution in [-0.4, -0.2) is 29.8 Å². The van der Waals surface area contributed by atoms with E-state index in [2.05, 4.69) is 5.32 Å². The number of carbonyl (C=O) groups is 2. The van der Waals surface area contributed by atoms with E-state index in [0.29, 0.717) is 16.5 Å². The highest BCUT2D eigenvalue weighted by Crippen LogP contribution is 2.22. The SMILES string of the molecule is CC[C@H](C(=O)NC)N(Cc1ccccc1Cl)C(=O)Cc1ccccc1Cl. The van der Waals surface area contributed by atoms with Crippen molar-refractivity contribution in [3.05, 3.63) is 69.7 Å². The van der Waals surface area contributed by atoms with Crippen LogP contribution in [0.25, 0.3) is 0 Å². The number of nitrogens with zero attached hydrogens (tertiary/aromatic N) is 1. The molecule has 2 aromatic rings. The summed E-state index contributed by atoms with van der Waals surface area (Å²) in [6, 6.07) is 14.0. The summed E-state index contributed by atoms with van der Waals surface area (Å²) in [6.45, 7) is 2.14. The van der Waals surface area contributed by atoms with Gasteiger partial charge in [-0.3, -0.25) is 9.59 Å². The lowest BCUT2D eigenvalue weighted by atomic mass is 10.1. The molecule has 1 N–H and O–H groups in total. The molecule has 2 amide bonds. The molecule has 0 aliphatic carbocycles. The smallest absolute Gasteiger partial charge is 0.242 e. The summed E-state index contributed by atoms with van der Waals surface area (Å²) in [5.41, 5.74) is 1.53. The topological polar surface area (TPSA) is 49.4 Å². The fourth-order valence-corrected chi connectivity index (χ4v) is 3.20. The monoisotopic (exact) mass is 392 g/mol. The van der Waals surface area contributed by atoms with E-state index in [0.717, 1.165) is 11.1 Å². The van der Waals surface area contributed by atoms with Crippen molar-refractivity contribution in [2.45, 2.75) is 32.4 Å². The van der Waals surface area contributed by atoms with Crippen molar-refractivity contribution in [1.82, 2.24) is 10.2 Å². The number of halogens is 2. The molecule has 26 heavy (non-hydrogen) atoms. The lowest BCUT2D eigenvalue weighted by Crippen LogP contribution is -2.48. The lowest BCUT2D eigenvalue weighted by molar-refractivity contribution is -0.140. The van der Waals surface area contributed by atoms with Crippen LogP contribution in [0, 0.1) is 0 Å². The van der Waals surface area contributed by atoms with Gasteiger partial charge in [-0.2, -0.15) is 0 Å². The molecule has 0 bridgehead atoms. The van der Waals surface area contributed by atoms with Crippen LogP contribution in [0.15, 0.2) is 48.5 Å². The predicted molar refractivity (Wildman–Crippen MR) is 105 cm³/mol. The first-order valence-electron chi connectivity index (χ1n) is 8.45. The quantitative estimate of drug-likeness (QED) is 0.771. The second-order valence-corrected chi connectivity index (χ2v) is 6.73. The van der Waals surface area contributed by atoms with Crippen molar-refractivity contribution in [3.63, 3.8) is 0 Å². The van der Waals surface area contributed by atoms with Gasteiger partial charge in [0.2, 0.25) is 11.8 Å². The number of carbonyl (C=O) groups excluding carboxylic acids is 2. The summed E-state index contributed by atoms with van der Waals surface area (Å²) in [5, 5.41) is 3.73. The zero-order valence-corrected chi connectivity index (χ0v) is 16.3. The van der Waals surface area contributed by atoms with Gasteiger partial charge in [0, 0.05) is 23.6 Å². The average molecular weight is 393 g/mol. The molecule has 0 saturated carbocycles. The molecular weight excluding hydrogens is 371 g/mol. The first-order chi connectivity index (χ1) is 12.5. The van der Waals surface area contributed by atoms with Crippen molar-refractivity contribution in [2.24, 2.45) is 0 Å². The van der Waals surface area contributed by atoms with Crippen LogP contribution >= 0.6 is 23.2 Å². The molecule has 1 atom stereocenters. The maximum absolute atomic E-state index is 13.0. The summed E-state index contributed by atoms with van der Waals surface area (Å²) < 4.78 is 0. The summed E-state index contributed by atoms with van der Waals surface area (Å²) in [7, 11) is 1.57. The van der Waals surface area contributed by atoms with E-state index in [4.69, 9.17) is 23.2 Å². The zero-order valence-electron chi connectivity index (χ0n) is 14.8. The molecule has 0 aromatic heterocycles. The second kappa shape index (κ2) is 9.60. The van der Waals surface area contributed by atoms with Gasteiger partial charge in [0.1, 0.15) is 6.04 Å². The number of rotatable bonds is 7. The zero-order chi connectivity index (χ0) is 19.1. The maximum atomic E-state index is 13.0. The van der Waals surface area contributed by atoms with Crippen LogP contribution in [0.2, 0.25) is 10.0 Å². The molecule has 0 spiro atoms. The van der Waals surface area contributed by atoms with Gasteiger partial charge in [-0.25, -0.2) is 0 Å². The van der Waals surface area contributed by atoms with Gasteiger partial charge in [-0.15, -0.1) is 0 Å². The normalized spacial score (nSPS) is 11.7. The highest BCUT2D eigenvalue weighted by Gasteiger charge is 2.28. The molecule has 0 heterocycles. The number of hydrogen-bond acceptors (Lipinski definition) is 2. The molecule has 0 saturated heterocycles. The van der Waals surface area contributed by atoms with Gasteiger partial charge >= 0.3 is 0 Å². The minimum absolute atomic E-state index is 0.123. The Balaban J connectivity index is 2.32. The molecule has 0 aliphatic heterocycles. The van der Waals surface area contributed by atoms with Gasteiger partial charge in [0.25, 0.3) is 0 Å². The Morgan fingerprint density at radius 2 is 1.54 bits per heavy atom. The Hall–Kier alpha value is -2.04. The molecule has 4 nitrogen and oxygen atoms in total. The number of benzene rings is 2. The van der Waals surface area contributed by atoms with Crippen molar-refractivity contribution < 1.29 is 9.59 Å². The van der Waals surface area contributed by atoms with E-state index in [9.17, 15) is 9.59 Å². The third kappa shape index (κ3) is 4.99. The van der Waals surface area contributed by atoms with Gasteiger partial charge in [0.05, 0.1) is 6.42 Å². The second-order valence-electron chi connectivity index (χ2n) is 5.92. The standard InChI is InChI=1S/C20H22Cl2N2O2/c1-3-18(20(26)23-2)24(13-15-9-5-7-11-17(15)22)19(25)12-14-8-4-6-10-16(14)21/h4-11,18H,3,12-13H2,1-2H3,(H,23,26)/t18-/m1/s1. The number of nitrogens with one attached hydrogen (secondary N) is 1. The minimum atomic E-state index is -0.578. The van der Waals surface area contributed by atoms with Crippen molar-refractivity contribution >= 4 is 35.0 Å². The predicted octanol–water partition coefficient (Wildman–Crippen LogP) is 4.09. The summed E-state index contributed by atoms with van der Waals surface area (Å²) >= 11 is 12.5. The molecule has 0 unspecified atom stereocenters. The number of amides is 2. The van der Waals surface area contributed by atoms with Crippen LogP contribution in [0.5, 0.6) is 0 Å². The molecule has 0 fully saturated rings. The van der Waals surface area contributed by atoms with Gasteiger partial charge < -0.3 is 10.2 Å². The molecule has 0 radical (unpaired) electrons. The molecule has 0 aliphatic rings. The molecular formula is C20H22Cl2N2O2. The van der Waals surface area contributed by atoms with E-state index in [1.165, 1.54) is 0 Å². The first kappa shape index (κ1) is 20.3. The Bertz CT molecular complexity index is 780. The van der Waals surface area contributed by atoms with Crippen LogP contribution in [-0.2, 0) is 22.6 Å². The number of hydrogen-bond donors (Lipinski definition) is 1. The van der Waals surface area contributed by atoms with Crippen LogP contribution in [0.4, 0.5) is 0 Å². The Morgan fingerprint density at radius 3 is 2.04 bits per heavy atom. The van der Waals surface area contributed by atoms with Crippen molar-refractivity contribution in [3.8, 4) is 0 Å². The maximum Gasteiger partial charge on any atom is 0.242 e. The van der Waals surface area contributed by atoms with Crippen molar-refractivity contribution in [2.75, 3.05) is 7.05 Å². The van der Waals surface area contributed by atoms with E-state index in [-0.39, 0.29) is 24.8 Å². The van der Waals surface area contributed by atoms with Gasteiger partial charge in [-0.05, 0) is 29.7 Å². The Morgan fingerprint density at radius 1 is 1.00 bits per heavy atom. The summed E-state index contributed by atoms with van der Waals surface area (Å²) in [6.07, 6.45) is 0.621. The van der Waals surface area contributed by atoms with Crippen LogP contribution in [0.3, 0.4) is 0 Å². The molecule has 138 valence electrons. The first-order valence-corrected chi connectivity index (χ1v) is 9.21.